The van der Waals surface area contributed by atoms with Crippen LogP contribution in [0.25, 0.3) is 0 Å². The van der Waals surface area contributed by atoms with Crippen LogP contribution in [0.2, 0.25) is 0 Å². The van der Waals surface area contributed by atoms with Crippen LogP contribution in [0.15, 0.2) is 0 Å². The summed E-state index contributed by atoms with van der Waals surface area (Å²) in [6, 6.07) is 0. The summed E-state index contributed by atoms with van der Waals surface area (Å²) in [5.74, 6) is -0.290. The van der Waals surface area contributed by atoms with Crippen molar-refractivity contribution in [2.75, 3.05) is 6.54 Å². The van der Waals surface area contributed by atoms with Crippen molar-refractivity contribution in [3.63, 3.8) is 0 Å². The maximum absolute atomic E-state index is 12.3. The summed E-state index contributed by atoms with van der Waals surface area (Å²) in [6.07, 6.45) is -5.94. The highest BCUT2D eigenvalue weighted by Gasteiger charge is 2.48. The van der Waals surface area contributed by atoms with Gasteiger partial charge in [0.25, 0.3) is 0 Å². The molecule has 0 aliphatic carbocycles. The standard InChI is InChI=1S/C15H29NO5/c1-14(2,3)13(20)12-11(19)10(18)9(17)8(21-12)7-16-15(4,5)6/h8-12,16-19H,7H2,1-6H3. The first-order valence-electron chi connectivity index (χ1n) is 7.33. The fourth-order valence-corrected chi connectivity index (χ4v) is 2.17. The van der Waals surface area contributed by atoms with Crippen LogP contribution in [0.3, 0.4) is 0 Å². The molecule has 6 nitrogen and oxygen atoms in total. The molecule has 6 heteroatoms. The normalized spacial score (nSPS) is 34.8. The molecule has 0 spiro atoms. The average molecular weight is 303 g/mol. The Balaban J connectivity index is 2.85. The summed E-state index contributed by atoms with van der Waals surface area (Å²) in [6.45, 7) is 11.4. The van der Waals surface area contributed by atoms with Crippen molar-refractivity contribution in [2.24, 2.45) is 5.41 Å². The van der Waals surface area contributed by atoms with Crippen molar-refractivity contribution in [1.29, 1.82) is 0 Å². The molecular weight excluding hydrogens is 274 g/mol. The molecule has 1 aliphatic rings. The molecule has 5 atom stereocenters. The zero-order chi connectivity index (χ0) is 16.6. The number of ether oxygens (including phenoxy) is 1. The van der Waals surface area contributed by atoms with Crippen LogP contribution < -0.4 is 5.32 Å². The molecular formula is C15H29NO5. The second-order valence-corrected chi connectivity index (χ2v) is 7.81. The third-order valence-corrected chi connectivity index (χ3v) is 3.54. The topological polar surface area (TPSA) is 99.0 Å². The molecule has 21 heavy (non-hydrogen) atoms. The second kappa shape index (κ2) is 6.30. The highest BCUT2D eigenvalue weighted by molar-refractivity contribution is 5.88. The van der Waals surface area contributed by atoms with E-state index in [0.29, 0.717) is 0 Å². The molecule has 1 fully saturated rings. The van der Waals surface area contributed by atoms with Crippen molar-refractivity contribution in [3.05, 3.63) is 0 Å². The number of nitrogens with one attached hydrogen (secondary N) is 1. The van der Waals surface area contributed by atoms with E-state index in [0.717, 1.165) is 0 Å². The predicted molar refractivity (Wildman–Crippen MR) is 78.9 cm³/mol. The molecule has 0 aromatic heterocycles. The minimum atomic E-state index is -1.42. The summed E-state index contributed by atoms with van der Waals surface area (Å²) >= 11 is 0. The number of hydrogen-bond donors (Lipinski definition) is 4. The Labute approximate surface area is 126 Å². The van der Waals surface area contributed by atoms with Gasteiger partial charge in [-0.15, -0.1) is 0 Å². The van der Waals surface area contributed by atoms with Crippen molar-refractivity contribution in [3.8, 4) is 0 Å². The molecule has 0 saturated carbocycles. The van der Waals surface area contributed by atoms with E-state index in [1.807, 2.05) is 20.8 Å². The molecule has 1 saturated heterocycles. The molecule has 0 aromatic rings. The fraction of sp³-hybridized carbons (Fsp3) is 0.933. The lowest BCUT2D eigenvalue weighted by atomic mass is 9.82. The van der Waals surface area contributed by atoms with Crippen molar-refractivity contribution in [2.45, 2.75) is 77.6 Å². The highest BCUT2D eigenvalue weighted by atomic mass is 16.5. The lowest BCUT2D eigenvalue weighted by molar-refractivity contribution is -0.221. The van der Waals surface area contributed by atoms with Crippen LogP contribution in [0, 0.1) is 5.41 Å². The Morgan fingerprint density at radius 3 is 1.95 bits per heavy atom. The zero-order valence-corrected chi connectivity index (χ0v) is 13.8. The molecule has 1 rings (SSSR count). The van der Waals surface area contributed by atoms with E-state index in [1.54, 1.807) is 20.8 Å². The summed E-state index contributed by atoms with van der Waals surface area (Å²) in [5, 5.41) is 33.2. The van der Waals surface area contributed by atoms with Crippen LogP contribution in [0.4, 0.5) is 0 Å². The highest BCUT2D eigenvalue weighted by Crippen LogP contribution is 2.27. The van der Waals surface area contributed by atoms with E-state index in [9.17, 15) is 20.1 Å². The molecule has 4 N–H and O–H groups in total. The number of hydrogen-bond acceptors (Lipinski definition) is 6. The molecule has 1 heterocycles. The summed E-state index contributed by atoms with van der Waals surface area (Å²) in [7, 11) is 0. The average Bonchev–Trinajstić information content (AvgIpc) is 2.32. The maximum atomic E-state index is 12.3. The zero-order valence-electron chi connectivity index (χ0n) is 13.8. The predicted octanol–water partition coefficient (Wildman–Crippen LogP) is -0.160. The van der Waals surface area contributed by atoms with E-state index in [2.05, 4.69) is 5.32 Å². The number of carbonyl (C=O) groups excluding carboxylic acids is 1. The third kappa shape index (κ3) is 4.72. The van der Waals surface area contributed by atoms with Gasteiger partial charge in [-0.2, -0.15) is 0 Å². The minimum Gasteiger partial charge on any atom is -0.388 e. The van der Waals surface area contributed by atoms with Crippen molar-refractivity contribution in [1.82, 2.24) is 5.32 Å². The van der Waals surface area contributed by atoms with Gasteiger partial charge in [-0.05, 0) is 20.8 Å². The molecule has 0 amide bonds. The monoisotopic (exact) mass is 303 g/mol. The van der Waals surface area contributed by atoms with E-state index in [-0.39, 0.29) is 17.9 Å². The Bertz CT molecular complexity index is 371. The van der Waals surface area contributed by atoms with Gasteiger partial charge in [0.2, 0.25) is 0 Å². The third-order valence-electron chi connectivity index (χ3n) is 3.54. The van der Waals surface area contributed by atoms with Crippen LogP contribution in [0.1, 0.15) is 41.5 Å². The molecule has 0 bridgehead atoms. The number of carbonyl (C=O) groups is 1. The molecule has 0 radical (unpaired) electrons. The number of rotatable bonds is 3. The van der Waals surface area contributed by atoms with Crippen molar-refractivity contribution >= 4 is 5.78 Å². The SMILES string of the molecule is CC(C)(C)NCC1OC(C(=O)C(C)(C)C)C(O)C(O)C1O. The van der Waals surface area contributed by atoms with Crippen LogP contribution in [-0.4, -0.2) is 63.7 Å². The smallest absolute Gasteiger partial charge is 0.169 e. The quantitative estimate of drug-likeness (QED) is 0.578. The van der Waals surface area contributed by atoms with E-state index >= 15 is 0 Å². The number of ketones is 1. The van der Waals surface area contributed by atoms with Crippen molar-refractivity contribution < 1.29 is 24.9 Å². The second-order valence-electron chi connectivity index (χ2n) is 7.81. The van der Waals surface area contributed by atoms with Gasteiger partial charge in [-0.3, -0.25) is 4.79 Å². The van der Waals surface area contributed by atoms with E-state index in [4.69, 9.17) is 4.74 Å². The van der Waals surface area contributed by atoms with Gasteiger partial charge in [0, 0.05) is 17.5 Å². The number of aliphatic hydroxyl groups is 3. The fourth-order valence-electron chi connectivity index (χ4n) is 2.17. The van der Waals surface area contributed by atoms with Gasteiger partial charge in [0.1, 0.15) is 24.4 Å². The first kappa shape index (κ1) is 18.5. The van der Waals surface area contributed by atoms with E-state index < -0.39 is 35.9 Å². The number of aliphatic hydroxyl groups excluding tert-OH is 3. The first-order chi connectivity index (χ1) is 9.34. The van der Waals surface area contributed by atoms with Gasteiger partial charge in [-0.1, -0.05) is 20.8 Å². The summed E-state index contributed by atoms with van der Waals surface area (Å²) < 4.78 is 5.59. The van der Waals surface area contributed by atoms with Gasteiger partial charge < -0.3 is 25.4 Å². The Hall–Kier alpha value is -0.530. The molecule has 1 aliphatic heterocycles. The lowest BCUT2D eigenvalue weighted by Crippen LogP contribution is -2.63. The van der Waals surface area contributed by atoms with Gasteiger partial charge in [0.05, 0.1) is 6.10 Å². The van der Waals surface area contributed by atoms with Gasteiger partial charge in [0.15, 0.2) is 5.78 Å². The Kier molecular flexibility index (Phi) is 5.56. The Morgan fingerprint density at radius 1 is 1.00 bits per heavy atom. The summed E-state index contributed by atoms with van der Waals surface area (Å²) in [4.78, 5) is 12.3. The van der Waals surface area contributed by atoms with Gasteiger partial charge >= 0.3 is 0 Å². The van der Waals surface area contributed by atoms with Crippen LogP contribution >= 0.6 is 0 Å². The van der Waals surface area contributed by atoms with E-state index in [1.165, 1.54) is 0 Å². The first-order valence-corrected chi connectivity index (χ1v) is 7.33. The van der Waals surface area contributed by atoms with Crippen LogP contribution in [-0.2, 0) is 9.53 Å². The molecule has 0 aromatic carbocycles. The maximum Gasteiger partial charge on any atom is 0.169 e. The molecule has 5 unspecified atom stereocenters. The molecule has 124 valence electrons. The minimum absolute atomic E-state index is 0.187. The Morgan fingerprint density at radius 2 is 1.52 bits per heavy atom. The lowest BCUT2D eigenvalue weighted by Gasteiger charge is -2.42. The summed E-state index contributed by atoms with van der Waals surface area (Å²) in [5.41, 5.74) is -0.886. The van der Waals surface area contributed by atoms with Gasteiger partial charge in [-0.25, -0.2) is 0 Å². The largest absolute Gasteiger partial charge is 0.388 e. The number of Topliss-reactive ketones (excluding diaryl/α,β-unsaturated/α-hetero) is 1. The van der Waals surface area contributed by atoms with Crippen LogP contribution in [0.5, 0.6) is 0 Å².